The van der Waals surface area contributed by atoms with Crippen molar-refractivity contribution in [2.45, 2.75) is 18.7 Å². The van der Waals surface area contributed by atoms with Crippen LogP contribution in [0.4, 0.5) is 4.39 Å². The second-order valence-corrected chi connectivity index (χ2v) is 7.30. The van der Waals surface area contributed by atoms with Crippen LogP contribution in [0.5, 0.6) is 0 Å². The smallest absolute Gasteiger partial charge is 0.338 e. The highest BCUT2D eigenvalue weighted by Crippen LogP contribution is 2.36. The highest BCUT2D eigenvalue weighted by Gasteiger charge is 2.31. The number of thioether (sulfide) groups is 1. The van der Waals surface area contributed by atoms with Gasteiger partial charge in [0.05, 0.1) is 12.7 Å². The Labute approximate surface area is 166 Å². The maximum absolute atomic E-state index is 13.5. The van der Waals surface area contributed by atoms with Crippen LogP contribution in [0, 0.1) is 5.82 Å². The Kier molecular flexibility index (Phi) is 6.19. The van der Waals surface area contributed by atoms with Gasteiger partial charge in [0.15, 0.2) is 5.17 Å². The van der Waals surface area contributed by atoms with Crippen molar-refractivity contribution in [1.29, 1.82) is 0 Å². The van der Waals surface area contributed by atoms with E-state index >= 15 is 0 Å². The van der Waals surface area contributed by atoms with Crippen LogP contribution in [-0.4, -0.2) is 18.2 Å². The molecule has 0 amide bonds. The molecule has 1 atom stereocenters. The van der Waals surface area contributed by atoms with E-state index < -0.39 is 17.8 Å². The number of amidine groups is 1. The Balaban J connectivity index is 1.93. The Morgan fingerprint density at radius 1 is 1.30 bits per heavy atom. The van der Waals surface area contributed by atoms with E-state index in [4.69, 9.17) is 16.3 Å². The number of benzene rings is 2. The fourth-order valence-electron chi connectivity index (χ4n) is 2.77. The molecule has 140 valence electrons. The van der Waals surface area contributed by atoms with Gasteiger partial charge in [-0.05, 0) is 24.6 Å². The van der Waals surface area contributed by atoms with Crippen LogP contribution >= 0.6 is 23.4 Å². The minimum Gasteiger partial charge on any atom is -0.466 e. The van der Waals surface area contributed by atoms with Gasteiger partial charge < -0.3 is 10.1 Å². The first kappa shape index (κ1) is 19.5. The first-order valence-corrected chi connectivity index (χ1v) is 9.61. The van der Waals surface area contributed by atoms with Gasteiger partial charge >= 0.3 is 5.97 Å². The number of allylic oxidation sites excluding steroid dienone is 1. The number of esters is 1. The summed E-state index contributed by atoms with van der Waals surface area (Å²) in [5, 5.41) is 4.03. The third-order valence-corrected chi connectivity index (χ3v) is 5.38. The molecule has 1 heterocycles. The molecule has 1 unspecified atom stereocenters. The molecule has 1 aliphatic rings. The monoisotopic (exact) mass is 404 g/mol. The molecule has 0 spiro atoms. The molecule has 0 saturated heterocycles. The van der Waals surface area contributed by atoms with Crippen LogP contribution in [0.2, 0.25) is 5.02 Å². The number of methoxy groups -OCH3 is 1. The molecule has 3 rings (SSSR count). The van der Waals surface area contributed by atoms with Crippen molar-refractivity contribution in [3.63, 3.8) is 0 Å². The zero-order chi connectivity index (χ0) is 19.4. The molecule has 1 N–H and O–H groups in total. The van der Waals surface area contributed by atoms with Crippen LogP contribution in [0.25, 0.3) is 0 Å². The van der Waals surface area contributed by atoms with Crippen molar-refractivity contribution in [2.75, 3.05) is 7.11 Å². The summed E-state index contributed by atoms with van der Waals surface area (Å²) in [5.41, 5.74) is 2.70. The van der Waals surface area contributed by atoms with Crippen LogP contribution in [0.1, 0.15) is 24.1 Å². The number of carbonyl (C=O) groups is 1. The van der Waals surface area contributed by atoms with Gasteiger partial charge in [-0.25, -0.2) is 14.2 Å². The quantitative estimate of drug-likeness (QED) is 0.739. The number of halogens is 2. The van der Waals surface area contributed by atoms with Gasteiger partial charge in [0.1, 0.15) is 11.9 Å². The van der Waals surface area contributed by atoms with Crippen molar-refractivity contribution < 1.29 is 13.9 Å². The summed E-state index contributed by atoms with van der Waals surface area (Å²) in [7, 11) is 1.31. The van der Waals surface area contributed by atoms with E-state index in [9.17, 15) is 9.18 Å². The van der Waals surface area contributed by atoms with Crippen molar-refractivity contribution in [1.82, 2.24) is 5.32 Å². The number of hydrogen-bond acceptors (Lipinski definition) is 5. The van der Waals surface area contributed by atoms with Crippen LogP contribution in [0.15, 0.2) is 64.8 Å². The molecule has 0 aromatic heterocycles. The molecule has 4 nitrogen and oxygen atoms in total. The second-order valence-electron chi connectivity index (χ2n) is 5.93. The van der Waals surface area contributed by atoms with E-state index in [0.717, 1.165) is 11.3 Å². The fraction of sp³-hybridized carbons (Fsp3) is 0.200. The molecule has 0 fully saturated rings. The van der Waals surface area contributed by atoms with Crippen LogP contribution < -0.4 is 5.32 Å². The lowest BCUT2D eigenvalue weighted by Crippen LogP contribution is -2.30. The number of rotatable bonds is 4. The third kappa shape index (κ3) is 4.51. The van der Waals surface area contributed by atoms with Gasteiger partial charge in [-0.15, -0.1) is 0 Å². The Morgan fingerprint density at radius 2 is 2.04 bits per heavy atom. The van der Waals surface area contributed by atoms with E-state index in [1.807, 2.05) is 30.3 Å². The minimum absolute atomic E-state index is 0.215. The molecule has 7 heteroatoms. The number of nitrogens with one attached hydrogen (secondary N) is 1. The second kappa shape index (κ2) is 8.59. The van der Waals surface area contributed by atoms with Crippen molar-refractivity contribution in [3.8, 4) is 0 Å². The number of aliphatic imine (C=N–C) groups is 1. The van der Waals surface area contributed by atoms with Gasteiger partial charge in [0.25, 0.3) is 0 Å². The molecular weight excluding hydrogens is 387 g/mol. The SMILES string of the molecule is COC(=O)C1=C(C)NC(SCc2ccccc2)=NC1c1ccc(F)cc1Cl. The summed E-state index contributed by atoms with van der Waals surface area (Å²) in [6.07, 6.45) is 0. The zero-order valence-corrected chi connectivity index (χ0v) is 16.4. The van der Waals surface area contributed by atoms with Crippen molar-refractivity contribution >= 4 is 34.5 Å². The van der Waals surface area contributed by atoms with Gasteiger partial charge in [0, 0.05) is 22.0 Å². The first-order chi connectivity index (χ1) is 13.0. The maximum atomic E-state index is 13.5. The molecular formula is C20H18ClFN2O2S. The van der Waals surface area contributed by atoms with Gasteiger partial charge in [0.2, 0.25) is 0 Å². The average molecular weight is 405 g/mol. The van der Waals surface area contributed by atoms with E-state index in [0.29, 0.717) is 22.0 Å². The fourth-order valence-corrected chi connectivity index (χ4v) is 3.94. The highest BCUT2D eigenvalue weighted by molar-refractivity contribution is 8.13. The molecule has 1 aliphatic heterocycles. The number of carbonyl (C=O) groups excluding carboxylic acids is 1. The minimum atomic E-state index is -0.662. The van der Waals surface area contributed by atoms with Gasteiger partial charge in [-0.1, -0.05) is 59.8 Å². The Bertz CT molecular complexity index is 915. The summed E-state index contributed by atoms with van der Waals surface area (Å²) in [6, 6.07) is 13.4. The summed E-state index contributed by atoms with van der Waals surface area (Å²) in [6.45, 7) is 1.79. The Morgan fingerprint density at radius 3 is 2.70 bits per heavy atom. The predicted molar refractivity (Wildman–Crippen MR) is 107 cm³/mol. The maximum Gasteiger partial charge on any atom is 0.338 e. The molecule has 27 heavy (non-hydrogen) atoms. The molecule has 2 aromatic rings. The molecule has 0 saturated carbocycles. The molecule has 0 aliphatic carbocycles. The van der Waals surface area contributed by atoms with E-state index in [-0.39, 0.29) is 5.02 Å². The zero-order valence-electron chi connectivity index (χ0n) is 14.8. The van der Waals surface area contributed by atoms with Crippen molar-refractivity contribution in [3.05, 3.63) is 81.8 Å². The Hall–Kier alpha value is -2.31. The molecule has 0 radical (unpaired) electrons. The van der Waals surface area contributed by atoms with E-state index in [2.05, 4.69) is 10.3 Å². The first-order valence-electron chi connectivity index (χ1n) is 8.25. The summed E-state index contributed by atoms with van der Waals surface area (Å²) >= 11 is 7.75. The number of nitrogens with zero attached hydrogens (tertiary/aromatic N) is 1. The molecule has 2 aromatic carbocycles. The van der Waals surface area contributed by atoms with Crippen molar-refractivity contribution in [2.24, 2.45) is 4.99 Å². The standard InChI is InChI=1S/C20H18ClFN2O2S/c1-12-17(19(25)26-2)18(15-9-8-14(22)10-16(15)21)24-20(23-12)27-11-13-6-4-3-5-7-13/h3-10,18H,11H2,1-2H3,(H,23,24). The van der Waals surface area contributed by atoms with Gasteiger partial charge in [-0.3, -0.25) is 0 Å². The largest absolute Gasteiger partial charge is 0.466 e. The normalized spacial score (nSPS) is 16.6. The lowest BCUT2D eigenvalue weighted by Gasteiger charge is -2.26. The summed E-state index contributed by atoms with van der Waals surface area (Å²) in [5.74, 6) is -0.223. The van der Waals surface area contributed by atoms with Gasteiger partial charge in [-0.2, -0.15) is 0 Å². The van der Waals surface area contributed by atoms with Crippen LogP contribution in [0.3, 0.4) is 0 Å². The molecule has 0 bridgehead atoms. The average Bonchev–Trinajstić information content (AvgIpc) is 2.66. The number of ether oxygens (including phenoxy) is 1. The lowest BCUT2D eigenvalue weighted by molar-refractivity contribution is -0.136. The topological polar surface area (TPSA) is 50.7 Å². The van der Waals surface area contributed by atoms with E-state index in [1.54, 1.807) is 13.0 Å². The highest BCUT2D eigenvalue weighted by atomic mass is 35.5. The van der Waals surface area contributed by atoms with Crippen LogP contribution in [-0.2, 0) is 15.3 Å². The lowest BCUT2D eigenvalue weighted by atomic mass is 9.96. The summed E-state index contributed by atoms with van der Waals surface area (Å²) in [4.78, 5) is 17.0. The summed E-state index contributed by atoms with van der Waals surface area (Å²) < 4.78 is 18.4. The number of hydrogen-bond donors (Lipinski definition) is 1. The van der Waals surface area contributed by atoms with E-state index in [1.165, 1.54) is 31.0 Å². The third-order valence-electron chi connectivity index (χ3n) is 4.10. The predicted octanol–water partition coefficient (Wildman–Crippen LogP) is 4.86.